The highest BCUT2D eigenvalue weighted by Crippen LogP contribution is 2.39. The van der Waals surface area contributed by atoms with Gasteiger partial charge in [0.1, 0.15) is 0 Å². The first-order chi connectivity index (χ1) is 8.92. The number of likely N-dealkylation sites (N-methyl/N-ethyl adjacent to an activating group) is 2. The van der Waals surface area contributed by atoms with E-state index in [0.29, 0.717) is 11.5 Å². The van der Waals surface area contributed by atoms with Gasteiger partial charge in [0, 0.05) is 25.2 Å². The van der Waals surface area contributed by atoms with Gasteiger partial charge in [-0.05, 0) is 51.9 Å². The Morgan fingerprint density at radius 2 is 1.79 bits per heavy atom. The average molecular weight is 269 g/mol. The molecule has 0 aromatic heterocycles. The van der Waals surface area contributed by atoms with Crippen molar-refractivity contribution in [3.05, 3.63) is 0 Å². The summed E-state index contributed by atoms with van der Waals surface area (Å²) in [5.41, 5.74) is 0.435. The van der Waals surface area contributed by atoms with Crippen LogP contribution in [-0.2, 0) is 0 Å². The van der Waals surface area contributed by atoms with E-state index in [1.807, 2.05) is 0 Å². The van der Waals surface area contributed by atoms with Gasteiger partial charge in [0.05, 0.1) is 0 Å². The van der Waals surface area contributed by atoms with Crippen LogP contribution in [0.15, 0.2) is 0 Å². The second-order valence-corrected chi connectivity index (χ2v) is 6.97. The van der Waals surface area contributed by atoms with Crippen molar-refractivity contribution in [3.8, 4) is 0 Å². The molecule has 0 aromatic carbocycles. The third kappa shape index (κ3) is 4.73. The van der Waals surface area contributed by atoms with Crippen LogP contribution in [-0.4, -0.2) is 62.2 Å². The maximum Gasteiger partial charge on any atom is 0.0274 e. The van der Waals surface area contributed by atoms with Gasteiger partial charge in [-0.25, -0.2) is 0 Å². The molecule has 0 amide bonds. The molecule has 1 N–H and O–H groups in total. The lowest BCUT2D eigenvalue weighted by Gasteiger charge is -2.38. The van der Waals surface area contributed by atoms with Crippen molar-refractivity contribution in [2.45, 2.75) is 59.0 Å². The van der Waals surface area contributed by atoms with Crippen LogP contribution in [0.2, 0.25) is 0 Å². The number of hydrogen-bond acceptors (Lipinski definition) is 3. The van der Waals surface area contributed by atoms with E-state index < -0.39 is 0 Å². The maximum absolute atomic E-state index is 3.76. The van der Waals surface area contributed by atoms with Crippen molar-refractivity contribution in [2.75, 3.05) is 40.3 Å². The summed E-state index contributed by atoms with van der Waals surface area (Å²) in [6.07, 6.45) is 3.94. The second kappa shape index (κ2) is 7.61. The Hall–Kier alpha value is -0.120. The molecule has 1 saturated carbocycles. The minimum Gasteiger partial charge on any atom is -0.312 e. The van der Waals surface area contributed by atoms with E-state index >= 15 is 0 Å². The molecule has 0 bridgehead atoms. The SMILES string of the molecule is CCCN(CCN(C)C)C1CCC(C)(C)C1NCC. The fourth-order valence-electron chi connectivity index (χ4n) is 3.45. The predicted molar refractivity (Wildman–Crippen MR) is 84.7 cm³/mol. The van der Waals surface area contributed by atoms with Crippen LogP contribution in [0.3, 0.4) is 0 Å². The summed E-state index contributed by atoms with van der Waals surface area (Å²) in [4.78, 5) is 5.02. The third-order valence-corrected chi connectivity index (χ3v) is 4.55. The van der Waals surface area contributed by atoms with Crippen LogP contribution in [0, 0.1) is 5.41 Å². The molecule has 114 valence electrons. The van der Waals surface area contributed by atoms with E-state index in [1.165, 1.54) is 32.4 Å². The predicted octanol–water partition coefficient (Wildman–Crippen LogP) is 2.43. The monoisotopic (exact) mass is 269 g/mol. The number of nitrogens with one attached hydrogen (secondary N) is 1. The zero-order chi connectivity index (χ0) is 14.5. The van der Waals surface area contributed by atoms with Crippen LogP contribution < -0.4 is 5.32 Å². The van der Waals surface area contributed by atoms with Crippen LogP contribution >= 0.6 is 0 Å². The normalized spacial score (nSPS) is 26.5. The fraction of sp³-hybridized carbons (Fsp3) is 1.00. The lowest BCUT2D eigenvalue weighted by molar-refractivity contribution is 0.135. The van der Waals surface area contributed by atoms with Crippen LogP contribution in [0.1, 0.15) is 47.0 Å². The zero-order valence-electron chi connectivity index (χ0n) is 14.0. The highest BCUT2D eigenvalue weighted by Gasteiger charge is 2.43. The molecule has 3 nitrogen and oxygen atoms in total. The Balaban J connectivity index is 2.70. The number of nitrogens with zero attached hydrogens (tertiary/aromatic N) is 2. The molecule has 0 spiro atoms. The Morgan fingerprint density at radius 3 is 2.32 bits per heavy atom. The largest absolute Gasteiger partial charge is 0.312 e. The van der Waals surface area contributed by atoms with Crippen molar-refractivity contribution < 1.29 is 0 Å². The van der Waals surface area contributed by atoms with Crippen molar-refractivity contribution >= 4 is 0 Å². The fourth-order valence-corrected chi connectivity index (χ4v) is 3.45. The van der Waals surface area contributed by atoms with E-state index in [1.54, 1.807) is 0 Å². The quantitative estimate of drug-likeness (QED) is 0.730. The molecule has 2 atom stereocenters. The minimum atomic E-state index is 0.435. The van der Waals surface area contributed by atoms with Gasteiger partial charge in [0.25, 0.3) is 0 Å². The molecule has 1 aliphatic carbocycles. The van der Waals surface area contributed by atoms with Gasteiger partial charge in [-0.3, -0.25) is 4.90 Å². The van der Waals surface area contributed by atoms with Gasteiger partial charge in [-0.2, -0.15) is 0 Å². The Labute approximate surface area is 120 Å². The zero-order valence-corrected chi connectivity index (χ0v) is 14.0. The summed E-state index contributed by atoms with van der Waals surface area (Å²) in [7, 11) is 4.34. The van der Waals surface area contributed by atoms with Crippen LogP contribution in [0.4, 0.5) is 0 Å². The van der Waals surface area contributed by atoms with Crippen molar-refractivity contribution in [1.82, 2.24) is 15.1 Å². The van der Waals surface area contributed by atoms with E-state index in [4.69, 9.17) is 0 Å². The van der Waals surface area contributed by atoms with Crippen molar-refractivity contribution in [3.63, 3.8) is 0 Å². The topological polar surface area (TPSA) is 18.5 Å². The molecule has 1 aliphatic rings. The maximum atomic E-state index is 3.76. The summed E-state index contributed by atoms with van der Waals surface area (Å²) in [6, 6.07) is 1.36. The molecule has 0 radical (unpaired) electrons. The summed E-state index contributed by atoms with van der Waals surface area (Å²) >= 11 is 0. The highest BCUT2D eigenvalue weighted by molar-refractivity contribution is 5.00. The van der Waals surface area contributed by atoms with Gasteiger partial charge in [0.2, 0.25) is 0 Å². The van der Waals surface area contributed by atoms with E-state index in [0.717, 1.165) is 19.1 Å². The van der Waals surface area contributed by atoms with E-state index in [9.17, 15) is 0 Å². The molecule has 0 heterocycles. The number of rotatable bonds is 8. The summed E-state index contributed by atoms with van der Waals surface area (Å²) < 4.78 is 0. The van der Waals surface area contributed by atoms with E-state index in [-0.39, 0.29) is 0 Å². The molecule has 3 heteroatoms. The average Bonchev–Trinajstić information content (AvgIpc) is 2.62. The summed E-state index contributed by atoms with van der Waals surface area (Å²) in [5, 5.41) is 3.76. The smallest absolute Gasteiger partial charge is 0.0274 e. The van der Waals surface area contributed by atoms with E-state index in [2.05, 4.69) is 56.9 Å². The minimum absolute atomic E-state index is 0.435. The second-order valence-electron chi connectivity index (χ2n) is 6.97. The van der Waals surface area contributed by atoms with Gasteiger partial charge in [-0.15, -0.1) is 0 Å². The first kappa shape index (κ1) is 16.9. The van der Waals surface area contributed by atoms with Gasteiger partial charge < -0.3 is 10.2 Å². The molecule has 0 saturated heterocycles. The lowest BCUT2D eigenvalue weighted by Crippen LogP contribution is -2.53. The molecular formula is C16H35N3. The molecule has 1 fully saturated rings. The summed E-state index contributed by atoms with van der Waals surface area (Å²) in [6.45, 7) is 14.1. The van der Waals surface area contributed by atoms with Crippen LogP contribution in [0.5, 0.6) is 0 Å². The summed E-state index contributed by atoms with van der Waals surface area (Å²) in [5.74, 6) is 0. The molecule has 2 unspecified atom stereocenters. The van der Waals surface area contributed by atoms with Gasteiger partial charge in [-0.1, -0.05) is 27.7 Å². The first-order valence-electron chi connectivity index (χ1n) is 8.04. The number of hydrogen-bond donors (Lipinski definition) is 1. The Morgan fingerprint density at radius 1 is 1.11 bits per heavy atom. The first-order valence-corrected chi connectivity index (χ1v) is 8.04. The molecular weight excluding hydrogens is 234 g/mol. The molecule has 0 aliphatic heterocycles. The molecule has 0 aromatic rings. The standard InChI is InChI=1S/C16H35N3/c1-7-11-19(13-12-18(5)6)14-9-10-16(3,4)15(14)17-8-2/h14-15,17H,7-13H2,1-6H3. The Kier molecular flexibility index (Phi) is 6.78. The van der Waals surface area contributed by atoms with Gasteiger partial charge in [0.15, 0.2) is 0 Å². The third-order valence-electron chi connectivity index (χ3n) is 4.55. The Bertz CT molecular complexity index is 250. The lowest BCUT2D eigenvalue weighted by atomic mass is 9.86. The van der Waals surface area contributed by atoms with Gasteiger partial charge >= 0.3 is 0 Å². The van der Waals surface area contributed by atoms with Crippen molar-refractivity contribution in [1.29, 1.82) is 0 Å². The highest BCUT2D eigenvalue weighted by atomic mass is 15.2. The molecule has 19 heavy (non-hydrogen) atoms. The van der Waals surface area contributed by atoms with Crippen molar-refractivity contribution in [2.24, 2.45) is 5.41 Å². The van der Waals surface area contributed by atoms with Crippen LogP contribution in [0.25, 0.3) is 0 Å². The molecule has 1 rings (SSSR count).